The summed E-state index contributed by atoms with van der Waals surface area (Å²) in [7, 11) is -4.04. The van der Waals surface area contributed by atoms with Gasteiger partial charge in [-0.3, -0.25) is 9.69 Å². The normalized spacial score (nSPS) is 19.9. The first-order valence-corrected chi connectivity index (χ1v) is 9.37. The fraction of sp³-hybridized carbons (Fsp3) is 0.125. The lowest BCUT2D eigenvalue weighted by molar-refractivity contribution is -0.116. The second-order valence-electron chi connectivity index (χ2n) is 5.07. The van der Waals surface area contributed by atoms with E-state index in [1.54, 1.807) is 37.3 Å². The van der Waals surface area contributed by atoms with Crippen LogP contribution in [0.2, 0.25) is 0 Å². The van der Waals surface area contributed by atoms with E-state index in [0.717, 1.165) is 36.0 Å². The third-order valence-electron chi connectivity index (χ3n) is 3.37. The second kappa shape index (κ2) is 6.37. The van der Waals surface area contributed by atoms with Crippen LogP contribution in [0.25, 0.3) is 0 Å². The third-order valence-corrected chi connectivity index (χ3v) is 5.80. The van der Waals surface area contributed by atoms with Crippen molar-refractivity contribution in [2.45, 2.75) is 17.1 Å². The van der Waals surface area contributed by atoms with Gasteiger partial charge in [-0.2, -0.15) is 8.42 Å². The smallest absolute Gasteiger partial charge is 0.273 e. The summed E-state index contributed by atoms with van der Waals surface area (Å²) >= 11 is 1.07. The molecule has 1 aliphatic rings. The van der Waals surface area contributed by atoms with E-state index in [-0.39, 0.29) is 16.0 Å². The minimum Gasteiger partial charge on any atom is -0.273 e. The topological polar surface area (TPSA) is 66.8 Å². The molecule has 0 saturated carbocycles. The average Bonchev–Trinajstić information content (AvgIpc) is 2.82. The molecule has 1 aliphatic heterocycles. The Labute approximate surface area is 143 Å². The van der Waals surface area contributed by atoms with Crippen LogP contribution in [0.15, 0.2) is 63.9 Å². The van der Waals surface area contributed by atoms with Gasteiger partial charge in [0.15, 0.2) is 5.17 Å². The zero-order valence-corrected chi connectivity index (χ0v) is 14.2. The van der Waals surface area contributed by atoms with Crippen molar-refractivity contribution < 1.29 is 17.6 Å². The van der Waals surface area contributed by atoms with Gasteiger partial charge >= 0.3 is 0 Å². The Bertz CT molecular complexity index is 897. The quantitative estimate of drug-likeness (QED) is 0.840. The highest BCUT2D eigenvalue weighted by Gasteiger charge is 2.37. The maximum Gasteiger partial charge on any atom is 0.284 e. The number of nitrogens with zero attached hydrogens (tertiary/aromatic N) is 2. The first-order valence-electron chi connectivity index (χ1n) is 7.05. The van der Waals surface area contributed by atoms with Crippen LogP contribution < -0.4 is 4.90 Å². The average molecular weight is 364 g/mol. The molecule has 1 unspecified atom stereocenters. The molecule has 24 heavy (non-hydrogen) atoms. The van der Waals surface area contributed by atoms with Gasteiger partial charge in [-0.1, -0.05) is 30.0 Å². The summed E-state index contributed by atoms with van der Waals surface area (Å²) in [5.74, 6) is -0.772. The predicted molar refractivity (Wildman–Crippen MR) is 92.0 cm³/mol. The molecule has 2 aromatic carbocycles. The minimum atomic E-state index is -4.04. The van der Waals surface area contributed by atoms with Crippen LogP contribution in [0.1, 0.15) is 6.92 Å². The standard InChI is InChI=1S/C16H13FN2O3S2/c1-11-15(20)19(13-5-3-2-4-6-13)16(23-11)18-24(21,22)14-9-7-12(17)8-10-14/h2-11H,1H3/b18-16-. The van der Waals surface area contributed by atoms with E-state index in [2.05, 4.69) is 4.40 Å². The molecule has 3 rings (SSSR count). The molecule has 0 aromatic heterocycles. The first-order chi connectivity index (χ1) is 11.4. The molecule has 0 aliphatic carbocycles. The van der Waals surface area contributed by atoms with Gasteiger partial charge in [0.1, 0.15) is 5.82 Å². The summed E-state index contributed by atoms with van der Waals surface area (Å²) in [5, 5.41) is -0.351. The Hall–Kier alpha value is -2.19. The van der Waals surface area contributed by atoms with Gasteiger partial charge in [-0.15, -0.1) is 4.40 Å². The molecule has 8 heteroatoms. The van der Waals surface area contributed by atoms with E-state index >= 15 is 0 Å². The summed E-state index contributed by atoms with van der Waals surface area (Å²) < 4.78 is 41.6. The molecule has 0 bridgehead atoms. The largest absolute Gasteiger partial charge is 0.284 e. The third kappa shape index (κ3) is 3.20. The number of carbonyl (C=O) groups excluding carboxylic acids is 1. The number of benzene rings is 2. The van der Waals surface area contributed by atoms with E-state index < -0.39 is 21.1 Å². The number of carbonyl (C=O) groups is 1. The molecule has 2 aromatic rings. The summed E-state index contributed by atoms with van der Waals surface area (Å²) in [6, 6.07) is 13.1. The van der Waals surface area contributed by atoms with Gasteiger partial charge < -0.3 is 0 Å². The monoisotopic (exact) mass is 364 g/mol. The summed E-state index contributed by atoms with van der Waals surface area (Å²) in [4.78, 5) is 13.5. The number of rotatable bonds is 3. The van der Waals surface area contributed by atoms with Crippen LogP contribution in [0.3, 0.4) is 0 Å². The molecule has 0 N–H and O–H groups in total. The number of hydrogen-bond acceptors (Lipinski definition) is 4. The van der Waals surface area contributed by atoms with Crippen molar-refractivity contribution in [1.82, 2.24) is 0 Å². The van der Waals surface area contributed by atoms with Crippen molar-refractivity contribution in [3.63, 3.8) is 0 Å². The lowest BCUT2D eigenvalue weighted by Gasteiger charge is -2.15. The van der Waals surface area contributed by atoms with E-state index in [0.29, 0.717) is 5.69 Å². The zero-order chi connectivity index (χ0) is 17.3. The van der Waals surface area contributed by atoms with Crippen molar-refractivity contribution in [3.05, 3.63) is 60.4 Å². The van der Waals surface area contributed by atoms with E-state index in [1.165, 1.54) is 4.90 Å². The van der Waals surface area contributed by atoms with E-state index in [9.17, 15) is 17.6 Å². The number of sulfonamides is 1. The van der Waals surface area contributed by atoms with Crippen LogP contribution >= 0.6 is 11.8 Å². The molecule has 0 radical (unpaired) electrons. The molecule has 1 amide bonds. The number of para-hydroxylation sites is 1. The van der Waals surface area contributed by atoms with Crippen LogP contribution in [0.5, 0.6) is 0 Å². The molecule has 124 valence electrons. The Balaban J connectivity index is 2.04. The van der Waals surface area contributed by atoms with Crippen LogP contribution in [-0.2, 0) is 14.8 Å². The lowest BCUT2D eigenvalue weighted by Crippen LogP contribution is -2.31. The SMILES string of the molecule is CC1S/C(=N\S(=O)(=O)c2ccc(F)cc2)N(c2ccccc2)C1=O. The number of amides is 1. The Morgan fingerprint density at radius 2 is 1.71 bits per heavy atom. The molecule has 1 atom stereocenters. The Kier molecular flexibility index (Phi) is 4.42. The van der Waals surface area contributed by atoms with Gasteiger partial charge in [0, 0.05) is 0 Å². The highest BCUT2D eigenvalue weighted by Crippen LogP contribution is 2.32. The van der Waals surface area contributed by atoms with Crippen molar-refractivity contribution in [1.29, 1.82) is 0 Å². The highest BCUT2D eigenvalue weighted by molar-refractivity contribution is 8.16. The summed E-state index contributed by atoms with van der Waals surface area (Å²) in [6.45, 7) is 1.69. The number of halogens is 1. The van der Waals surface area contributed by atoms with Crippen LogP contribution in [0.4, 0.5) is 10.1 Å². The second-order valence-corrected chi connectivity index (χ2v) is 7.98. The van der Waals surface area contributed by atoms with Crippen molar-refractivity contribution in [2.75, 3.05) is 4.90 Å². The molecule has 5 nitrogen and oxygen atoms in total. The van der Waals surface area contributed by atoms with Crippen LogP contribution in [-0.4, -0.2) is 24.7 Å². The zero-order valence-electron chi connectivity index (χ0n) is 12.6. The minimum absolute atomic E-state index is 0.0861. The van der Waals surface area contributed by atoms with Crippen molar-refractivity contribution in [2.24, 2.45) is 4.40 Å². The van der Waals surface area contributed by atoms with Gasteiger partial charge in [0.05, 0.1) is 15.8 Å². The molecule has 1 saturated heterocycles. The Morgan fingerprint density at radius 1 is 1.08 bits per heavy atom. The van der Waals surface area contributed by atoms with Gasteiger partial charge in [-0.05, 0) is 43.3 Å². The van der Waals surface area contributed by atoms with E-state index in [4.69, 9.17) is 0 Å². The number of anilines is 1. The molecule has 1 heterocycles. The van der Waals surface area contributed by atoms with Crippen LogP contribution in [0, 0.1) is 5.82 Å². The number of hydrogen-bond donors (Lipinski definition) is 0. The maximum absolute atomic E-state index is 13.0. The molecular formula is C16H13FN2O3S2. The van der Waals surface area contributed by atoms with Gasteiger partial charge in [-0.25, -0.2) is 4.39 Å². The summed E-state index contributed by atoms with van der Waals surface area (Å²) in [5.41, 5.74) is 0.549. The number of thioether (sulfide) groups is 1. The Morgan fingerprint density at radius 3 is 2.33 bits per heavy atom. The molecule has 1 fully saturated rings. The highest BCUT2D eigenvalue weighted by atomic mass is 32.2. The summed E-state index contributed by atoms with van der Waals surface area (Å²) in [6.07, 6.45) is 0. The van der Waals surface area contributed by atoms with Crippen molar-refractivity contribution in [3.8, 4) is 0 Å². The maximum atomic E-state index is 13.0. The van der Waals surface area contributed by atoms with Crippen molar-refractivity contribution >= 4 is 38.5 Å². The number of amidine groups is 1. The first kappa shape index (κ1) is 16.7. The fourth-order valence-corrected chi connectivity index (χ4v) is 4.34. The van der Waals surface area contributed by atoms with Gasteiger partial charge in [0.2, 0.25) is 5.91 Å². The predicted octanol–water partition coefficient (Wildman–Crippen LogP) is 3.04. The lowest BCUT2D eigenvalue weighted by atomic mass is 10.3. The molecular weight excluding hydrogens is 351 g/mol. The molecule has 0 spiro atoms. The van der Waals surface area contributed by atoms with Gasteiger partial charge in [0.25, 0.3) is 10.0 Å². The fourth-order valence-electron chi connectivity index (χ4n) is 2.18. The van der Waals surface area contributed by atoms with E-state index in [1.807, 2.05) is 0 Å².